The Morgan fingerprint density at radius 3 is 2.39 bits per heavy atom. The number of hydrogen-bond donors (Lipinski definition) is 2. The van der Waals surface area contributed by atoms with E-state index in [1.807, 2.05) is 6.07 Å². The number of benzene rings is 2. The number of unbranched alkanes of at least 4 members (excludes halogenated alkanes) is 1. The van der Waals surface area contributed by atoms with Crippen LogP contribution in [-0.4, -0.2) is 26.0 Å². The lowest BCUT2D eigenvalue weighted by atomic mass is 9.94. The molecule has 0 fully saturated rings. The van der Waals surface area contributed by atoms with Gasteiger partial charge in [-0.2, -0.15) is 0 Å². The number of ether oxygens (including phenoxy) is 2. The Bertz CT molecular complexity index is 922. The number of hydrogen-bond acceptors (Lipinski definition) is 4. The van der Waals surface area contributed by atoms with Gasteiger partial charge >= 0.3 is 0 Å². The Morgan fingerprint density at radius 2 is 1.74 bits per heavy atom. The van der Waals surface area contributed by atoms with Crippen LogP contribution in [0.2, 0.25) is 0 Å². The molecule has 6 heteroatoms. The summed E-state index contributed by atoms with van der Waals surface area (Å²) in [6, 6.07) is 12.0. The molecule has 0 spiro atoms. The number of anilines is 1. The summed E-state index contributed by atoms with van der Waals surface area (Å²) in [5.74, 6) is 1.51. The predicted molar refractivity (Wildman–Crippen MR) is 122 cm³/mol. The van der Waals surface area contributed by atoms with Crippen molar-refractivity contribution in [1.82, 2.24) is 5.32 Å². The van der Waals surface area contributed by atoms with Gasteiger partial charge in [0.1, 0.15) is 0 Å². The van der Waals surface area contributed by atoms with Gasteiger partial charge in [-0.15, -0.1) is 0 Å². The van der Waals surface area contributed by atoms with Crippen LogP contribution in [0.4, 0.5) is 5.69 Å². The summed E-state index contributed by atoms with van der Waals surface area (Å²) in [6.07, 6.45) is 2.68. The fourth-order valence-corrected chi connectivity index (χ4v) is 3.88. The van der Waals surface area contributed by atoms with E-state index in [9.17, 15) is 9.59 Å². The van der Waals surface area contributed by atoms with E-state index < -0.39 is 0 Å². The van der Waals surface area contributed by atoms with E-state index in [0.29, 0.717) is 36.8 Å². The van der Waals surface area contributed by atoms with Crippen LogP contribution in [-0.2, 0) is 16.1 Å². The van der Waals surface area contributed by atoms with Crippen LogP contribution in [0.5, 0.6) is 11.5 Å². The number of carbonyl (C=O) groups is 2. The van der Waals surface area contributed by atoms with E-state index in [1.54, 1.807) is 20.3 Å². The van der Waals surface area contributed by atoms with E-state index in [1.165, 1.54) is 5.56 Å². The topological polar surface area (TPSA) is 76.7 Å². The molecule has 0 saturated carbocycles. The average molecular weight is 425 g/mol. The molecule has 1 atom stereocenters. The lowest BCUT2D eigenvalue weighted by molar-refractivity contribution is -0.121. The van der Waals surface area contributed by atoms with Crippen molar-refractivity contribution < 1.29 is 19.1 Å². The fourth-order valence-electron chi connectivity index (χ4n) is 3.88. The summed E-state index contributed by atoms with van der Waals surface area (Å²) < 4.78 is 10.7. The van der Waals surface area contributed by atoms with Crippen molar-refractivity contribution in [3.63, 3.8) is 0 Å². The first-order valence-electron chi connectivity index (χ1n) is 10.8. The number of methoxy groups -OCH3 is 2. The molecule has 6 nitrogen and oxygen atoms in total. The highest BCUT2D eigenvalue weighted by atomic mass is 16.5. The second kappa shape index (κ2) is 10.3. The minimum atomic E-state index is -0.225. The van der Waals surface area contributed by atoms with Gasteiger partial charge in [0.2, 0.25) is 11.8 Å². The van der Waals surface area contributed by atoms with Gasteiger partial charge in [-0.3, -0.25) is 9.59 Å². The van der Waals surface area contributed by atoms with E-state index in [0.717, 1.165) is 29.7 Å². The molecule has 2 aromatic carbocycles. The lowest BCUT2D eigenvalue weighted by Gasteiger charge is -2.12. The molecule has 2 amide bonds. The average Bonchev–Trinajstić information content (AvgIpc) is 3.08. The van der Waals surface area contributed by atoms with E-state index >= 15 is 0 Å². The van der Waals surface area contributed by atoms with Gasteiger partial charge in [-0.05, 0) is 41.5 Å². The molecule has 0 saturated heterocycles. The highest BCUT2D eigenvalue weighted by molar-refractivity contribution is 6.03. The molecule has 31 heavy (non-hydrogen) atoms. The summed E-state index contributed by atoms with van der Waals surface area (Å²) >= 11 is 0. The van der Waals surface area contributed by atoms with Gasteiger partial charge in [0.15, 0.2) is 11.5 Å². The molecule has 1 aliphatic heterocycles. The smallest absolute Gasteiger partial charge is 0.232 e. The van der Waals surface area contributed by atoms with Crippen molar-refractivity contribution in [2.45, 2.75) is 57.9 Å². The third-order valence-electron chi connectivity index (χ3n) is 5.79. The Labute approximate surface area is 184 Å². The number of rotatable bonds is 10. The van der Waals surface area contributed by atoms with Gasteiger partial charge in [0.25, 0.3) is 0 Å². The molecule has 1 aliphatic rings. The van der Waals surface area contributed by atoms with Crippen LogP contribution >= 0.6 is 0 Å². The molecular formula is C25H32N2O4. The Kier molecular flexibility index (Phi) is 7.55. The molecule has 0 bridgehead atoms. The second-order valence-corrected chi connectivity index (χ2v) is 8.26. The number of carbonyl (C=O) groups excluding carboxylic acids is 2. The standard InChI is InChI=1S/C25H32N2O4/c1-16(2)18-11-9-17(10-12-18)15-26-24(28)8-6-5-7-19-20-13-22(30-3)23(31-4)14-21(20)27-25(19)29/h9-14,16,19H,5-8,15H2,1-4H3,(H,26,28)(H,27,29). The van der Waals surface area contributed by atoms with Crippen LogP contribution in [0.25, 0.3) is 0 Å². The first kappa shape index (κ1) is 22.7. The minimum absolute atomic E-state index is 0.0143. The predicted octanol–water partition coefficient (Wildman–Crippen LogP) is 4.74. The third kappa shape index (κ3) is 5.57. The zero-order valence-electron chi connectivity index (χ0n) is 18.8. The summed E-state index contributed by atoms with van der Waals surface area (Å²) in [5, 5.41) is 5.90. The molecule has 0 aliphatic carbocycles. The molecule has 0 radical (unpaired) electrons. The van der Waals surface area contributed by atoms with Crippen molar-refractivity contribution in [1.29, 1.82) is 0 Å². The largest absolute Gasteiger partial charge is 0.493 e. The summed E-state index contributed by atoms with van der Waals surface area (Å²) in [5.41, 5.74) is 4.09. The molecule has 2 aromatic rings. The van der Waals surface area contributed by atoms with Crippen molar-refractivity contribution in [2.24, 2.45) is 0 Å². The first-order chi connectivity index (χ1) is 14.9. The first-order valence-corrected chi connectivity index (χ1v) is 10.8. The SMILES string of the molecule is COc1cc2c(cc1OC)C(CCCCC(=O)NCc1ccc(C(C)C)cc1)C(=O)N2. The summed E-state index contributed by atoms with van der Waals surface area (Å²) in [7, 11) is 3.16. The molecular weight excluding hydrogens is 392 g/mol. The molecule has 2 N–H and O–H groups in total. The van der Waals surface area contributed by atoms with Gasteiger partial charge in [0, 0.05) is 24.7 Å². The molecule has 1 heterocycles. The normalized spacial score (nSPS) is 14.9. The van der Waals surface area contributed by atoms with Crippen molar-refractivity contribution in [3.05, 3.63) is 53.1 Å². The van der Waals surface area contributed by atoms with Gasteiger partial charge in [0.05, 0.1) is 20.1 Å². The zero-order chi connectivity index (χ0) is 22.4. The maximum absolute atomic E-state index is 12.4. The third-order valence-corrected chi connectivity index (χ3v) is 5.79. The van der Waals surface area contributed by atoms with E-state index in [4.69, 9.17) is 9.47 Å². The maximum atomic E-state index is 12.4. The van der Waals surface area contributed by atoms with Crippen molar-refractivity contribution in [3.8, 4) is 11.5 Å². The quantitative estimate of drug-likeness (QED) is 0.540. The van der Waals surface area contributed by atoms with Crippen LogP contribution in [0.1, 0.15) is 68.1 Å². The summed E-state index contributed by atoms with van der Waals surface area (Å²) in [6.45, 7) is 4.87. The highest BCUT2D eigenvalue weighted by Crippen LogP contribution is 2.42. The molecule has 0 aromatic heterocycles. The zero-order valence-corrected chi connectivity index (χ0v) is 18.8. The van der Waals surface area contributed by atoms with Crippen LogP contribution in [0.15, 0.2) is 36.4 Å². The van der Waals surface area contributed by atoms with Crippen molar-refractivity contribution >= 4 is 17.5 Å². The second-order valence-electron chi connectivity index (χ2n) is 8.26. The van der Waals surface area contributed by atoms with Gasteiger partial charge < -0.3 is 20.1 Å². The fraction of sp³-hybridized carbons (Fsp3) is 0.440. The lowest BCUT2D eigenvalue weighted by Crippen LogP contribution is -2.22. The molecule has 166 valence electrons. The van der Waals surface area contributed by atoms with Crippen LogP contribution in [0, 0.1) is 0 Å². The number of fused-ring (bicyclic) bond motifs is 1. The number of amides is 2. The maximum Gasteiger partial charge on any atom is 0.232 e. The Hall–Kier alpha value is -3.02. The highest BCUT2D eigenvalue weighted by Gasteiger charge is 2.31. The Morgan fingerprint density at radius 1 is 1.06 bits per heavy atom. The monoisotopic (exact) mass is 424 g/mol. The Balaban J connectivity index is 1.44. The number of nitrogens with one attached hydrogen (secondary N) is 2. The van der Waals surface area contributed by atoms with E-state index in [-0.39, 0.29) is 17.7 Å². The minimum Gasteiger partial charge on any atom is -0.493 e. The van der Waals surface area contributed by atoms with Crippen LogP contribution in [0.3, 0.4) is 0 Å². The van der Waals surface area contributed by atoms with E-state index in [2.05, 4.69) is 48.7 Å². The molecule has 3 rings (SSSR count). The molecule has 1 unspecified atom stereocenters. The van der Waals surface area contributed by atoms with Gasteiger partial charge in [-0.1, -0.05) is 44.5 Å². The van der Waals surface area contributed by atoms with Crippen molar-refractivity contribution in [2.75, 3.05) is 19.5 Å². The van der Waals surface area contributed by atoms with Crippen LogP contribution < -0.4 is 20.1 Å². The van der Waals surface area contributed by atoms with Gasteiger partial charge in [-0.25, -0.2) is 0 Å². The summed E-state index contributed by atoms with van der Waals surface area (Å²) in [4.78, 5) is 24.6.